The zero-order valence-corrected chi connectivity index (χ0v) is 15.4. The first-order chi connectivity index (χ1) is 13.1. The van der Waals surface area contributed by atoms with Crippen LogP contribution in [-0.4, -0.2) is 29.4 Å². The van der Waals surface area contributed by atoms with Gasteiger partial charge in [0.15, 0.2) is 0 Å². The molecule has 2 atom stereocenters. The molecule has 0 aliphatic carbocycles. The van der Waals surface area contributed by atoms with Crippen molar-refractivity contribution in [3.05, 3.63) is 90.0 Å². The molecule has 0 saturated carbocycles. The van der Waals surface area contributed by atoms with Crippen molar-refractivity contribution < 1.29 is 14.3 Å². The Labute approximate surface area is 159 Å². The number of hydrogen-bond donors (Lipinski definition) is 0. The maximum Gasteiger partial charge on any atom is 0.325 e. The first kappa shape index (κ1) is 18.6. The summed E-state index contributed by atoms with van der Waals surface area (Å²) >= 11 is 0. The molecule has 0 aromatic heterocycles. The second-order valence-electron chi connectivity index (χ2n) is 6.62. The van der Waals surface area contributed by atoms with Crippen LogP contribution in [0.3, 0.4) is 0 Å². The van der Waals surface area contributed by atoms with Crippen LogP contribution in [0.25, 0.3) is 6.08 Å². The minimum atomic E-state index is -0.410. The molecule has 0 spiro atoms. The Morgan fingerprint density at radius 1 is 1.11 bits per heavy atom. The van der Waals surface area contributed by atoms with Gasteiger partial charge in [0.25, 0.3) is 0 Å². The Hall–Kier alpha value is -3.14. The molecule has 0 N–H and O–H groups in total. The Kier molecular flexibility index (Phi) is 5.87. The normalized spacial score (nSPS) is 19.4. The van der Waals surface area contributed by atoms with Gasteiger partial charge in [-0.15, -0.1) is 6.58 Å². The van der Waals surface area contributed by atoms with Crippen LogP contribution in [0, 0.1) is 5.92 Å². The van der Waals surface area contributed by atoms with Gasteiger partial charge in [-0.1, -0.05) is 72.8 Å². The number of amides is 1. The Morgan fingerprint density at radius 2 is 1.74 bits per heavy atom. The standard InChI is InChI=1S/C23H23NO3/c1-3-20-22(17(2)14-18-10-6-4-7-11-18)24(23(20)26)15-21(25)27-16-19-12-8-5-9-13-19/h3-14,20,22H,1,15-16H2,2H3/b17-14+/t20-,22-/m1/s1. The molecule has 1 amide bonds. The summed E-state index contributed by atoms with van der Waals surface area (Å²) < 4.78 is 5.32. The predicted octanol–water partition coefficient (Wildman–Crippen LogP) is 3.85. The van der Waals surface area contributed by atoms with E-state index in [0.29, 0.717) is 0 Å². The molecule has 27 heavy (non-hydrogen) atoms. The first-order valence-corrected chi connectivity index (χ1v) is 8.96. The third kappa shape index (κ3) is 4.34. The largest absolute Gasteiger partial charge is 0.459 e. The molecule has 138 valence electrons. The van der Waals surface area contributed by atoms with Crippen LogP contribution < -0.4 is 0 Å². The lowest BCUT2D eigenvalue weighted by molar-refractivity contribution is -0.161. The molecule has 1 fully saturated rings. The van der Waals surface area contributed by atoms with Crippen molar-refractivity contribution in [2.45, 2.75) is 19.6 Å². The lowest BCUT2D eigenvalue weighted by Crippen LogP contribution is -2.62. The van der Waals surface area contributed by atoms with Gasteiger partial charge in [0.1, 0.15) is 13.2 Å². The van der Waals surface area contributed by atoms with E-state index in [1.807, 2.05) is 73.7 Å². The summed E-state index contributed by atoms with van der Waals surface area (Å²) in [6.07, 6.45) is 3.69. The zero-order chi connectivity index (χ0) is 19.2. The number of carbonyl (C=O) groups excluding carboxylic acids is 2. The van der Waals surface area contributed by atoms with Crippen LogP contribution in [0.15, 0.2) is 78.9 Å². The Balaban J connectivity index is 1.66. The van der Waals surface area contributed by atoms with Crippen molar-refractivity contribution in [3.8, 4) is 0 Å². The Bertz CT molecular complexity index is 842. The second kappa shape index (κ2) is 8.49. The highest BCUT2D eigenvalue weighted by molar-refractivity contribution is 5.92. The van der Waals surface area contributed by atoms with E-state index in [0.717, 1.165) is 16.7 Å². The summed E-state index contributed by atoms with van der Waals surface area (Å²) in [5, 5.41) is 0. The smallest absolute Gasteiger partial charge is 0.325 e. The lowest BCUT2D eigenvalue weighted by atomic mass is 9.82. The van der Waals surface area contributed by atoms with Crippen molar-refractivity contribution in [3.63, 3.8) is 0 Å². The number of esters is 1. The van der Waals surface area contributed by atoms with Crippen LogP contribution in [0.1, 0.15) is 18.1 Å². The first-order valence-electron chi connectivity index (χ1n) is 8.96. The van der Waals surface area contributed by atoms with Gasteiger partial charge in [-0.05, 0) is 23.6 Å². The van der Waals surface area contributed by atoms with Crippen LogP contribution in [-0.2, 0) is 20.9 Å². The number of ether oxygens (including phenoxy) is 1. The molecule has 4 heteroatoms. The predicted molar refractivity (Wildman–Crippen MR) is 106 cm³/mol. The molecular weight excluding hydrogens is 338 g/mol. The van der Waals surface area contributed by atoms with Crippen molar-refractivity contribution in [2.75, 3.05) is 6.54 Å². The zero-order valence-electron chi connectivity index (χ0n) is 15.4. The second-order valence-corrected chi connectivity index (χ2v) is 6.62. The monoisotopic (exact) mass is 361 g/mol. The molecule has 2 aromatic carbocycles. The molecule has 4 nitrogen and oxygen atoms in total. The lowest BCUT2D eigenvalue weighted by Gasteiger charge is -2.46. The van der Waals surface area contributed by atoms with Crippen molar-refractivity contribution in [1.82, 2.24) is 4.90 Å². The summed E-state index contributed by atoms with van der Waals surface area (Å²) in [7, 11) is 0. The van der Waals surface area contributed by atoms with Gasteiger partial charge < -0.3 is 9.64 Å². The minimum Gasteiger partial charge on any atom is -0.459 e. The highest BCUT2D eigenvalue weighted by atomic mass is 16.5. The van der Waals surface area contributed by atoms with Gasteiger partial charge in [0.05, 0.1) is 12.0 Å². The van der Waals surface area contributed by atoms with E-state index < -0.39 is 5.97 Å². The van der Waals surface area contributed by atoms with Crippen molar-refractivity contribution in [1.29, 1.82) is 0 Å². The van der Waals surface area contributed by atoms with Crippen LogP contribution >= 0.6 is 0 Å². The number of β-lactam (4-membered cyclic amide) rings is 1. The minimum absolute atomic E-state index is 0.0549. The van der Waals surface area contributed by atoms with E-state index in [1.54, 1.807) is 11.0 Å². The summed E-state index contributed by atoms with van der Waals surface area (Å²) in [5.74, 6) is -0.799. The quantitative estimate of drug-likeness (QED) is 0.428. The molecule has 1 aliphatic heterocycles. The molecule has 1 heterocycles. The van der Waals surface area contributed by atoms with E-state index in [4.69, 9.17) is 4.74 Å². The van der Waals surface area contributed by atoms with Crippen LogP contribution in [0.5, 0.6) is 0 Å². The van der Waals surface area contributed by atoms with Crippen molar-refractivity contribution in [2.24, 2.45) is 5.92 Å². The molecular formula is C23H23NO3. The highest BCUT2D eigenvalue weighted by Gasteiger charge is 2.46. The van der Waals surface area contributed by atoms with Gasteiger partial charge in [-0.2, -0.15) is 0 Å². The van der Waals surface area contributed by atoms with E-state index in [1.165, 1.54) is 0 Å². The summed E-state index contributed by atoms with van der Waals surface area (Å²) in [6.45, 7) is 5.90. The maximum absolute atomic E-state index is 12.4. The number of hydrogen-bond acceptors (Lipinski definition) is 3. The molecule has 3 rings (SSSR count). The average molecular weight is 361 g/mol. The number of benzene rings is 2. The van der Waals surface area contributed by atoms with Gasteiger partial charge >= 0.3 is 5.97 Å². The number of rotatable bonds is 7. The topological polar surface area (TPSA) is 46.6 Å². The van der Waals surface area contributed by atoms with Gasteiger partial charge in [0.2, 0.25) is 5.91 Å². The molecule has 0 radical (unpaired) electrons. The van der Waals surface area contributed by atoms with E-state index in [2.05, 4.69) is 6.58 Å². The van der Waals surface area contributed by atoms with Crippen LogP contribution in [0.4, 0.5) is 0 Å². The molecule has 0 unspecified atom stereocenters. The summed E-state index contributed by atoms with van der Waals surface area (Å²) in [5.41, 5.74) is 2.99. The third-order valence-electron chi connectivity index (χ3n) is 4.70. The highest BCUT2D eigenvalue weighted by Crippen LogP contribution is 2.33. The fourth-order valence-electron chi connectivity index (χ4n) is 3.33. The van der Waals surface area contributed by atoms with Gasteiger partial charge in [-0.25, -0.2) is 0 Å². The van der Waals surface area contributed by atoms with Crippen LogP contribution in [0.2, 0.25) is 0 Å². The van der Waals surface area contributed by atoms with E-state index >= 15 is 0 Å². The maximum atomic E-state index is 12.4. The number of carbonyl (C=O) groups is 2. The summed E-state index contributed by atoms with van der Waals surface area (Å²) in [4.78, 5) is 26.2. The molecule has 1 saturated heterocycles. The summed E-state index contributed by atoms with van der Waals surface area (Å²) in [6, 6.07) is 19.2. The van der Waals surface area contributed by atoms with Crippen molar-refractivity contribution >= 4 is 18.0 Å². The molecule has 1 aliphatic rings. The van der Waals surface area contributed by atoms with E-state index in [-0.39, 0.29) is 31.0 Å². The molecule has 0 bridgehead atoms. The Morgan fingerprint density at radius 3 is 2.37 bits per heavy atom. The van der Waals surface area contributed by atoms with Gasteiger partial charge in [0, 0.05) is 0 Å². The van der Waals surface area contributed by atoms with E-state index in [9.17, 15) is 9.59 Å². The molecule has 2 aromatic rings. The average Bonchev–Trinajstić information content (AvgIpc) is 2.69. The third-order valence-corrected chi connectivity index (χ3v) is 4.70. The number of nitrogens with zero attached hydrogens (tertiary/aromatic N) is 1. The van der Waals surface area contributed by atoms with Gasteiger partial charge in [-0.3, -0.25) is 9.59 Å². The number of likely N-dealkylation sites (tertiary alicyclic amines) is 1. The fourth-order valence-corrected chi connectivity index (χ4v) is 3.33. The SMILES string of the molecule is C=C[C@H]1C(=O)N(CC(=O)OCc2ccccc2)[C@@H]1/C(C)=C/c1ccccc1. The fraction of sp³-hybridized carbons (Fsp3) is 0.217.